The molecule has 0 saturated heterocycles. The van der Waals surface area contributed by atoms with Crippen molar-refractivity contribution in [3.63, 3.8) is 0 Å². The average molecular weight is 258 g/mol. The third kappa shape index (κ3) is 4.53. The maximum absolute atomic E-state index is 8.73. The van der Waals surface area contributed by atoms with Crippen LogP contribution >= 0.6 is 0 Å². The number of nitrogens with one attached hydrogen (secondary N) is 1. The van der Waals surface area contributed by atoms with Gasteiger partial charge in [-0.05, 0) is 37.0 Å². The van der Waals surface area contributed by atoms with Gasteiger partial charge in [0, 0.05) is 38.3 Å². The number of rotatable bonds is 8. The standard InChI is InChI=1S/C15H22N4/c1-2-8-17-15-11-13(6-9-18-15)12-19(10-3-7-16)14-4-5-14/h6,9,11,14H,2-5,8,10,12H2,1H3,(H,17,18). The molecule has 0 aromatic carbocycles. The molecule has 0 atom stereocenters. The van der Waals surface area contributed by atoms with Gasteiger partial charge in [-0.15, -0.1) is 0 Å². The van der Waals surface area contributed by atoms with Gasteiger partial charge in [0.1, 0.15) is 5.82 Å². The van der Waals surface area contributed by atoms with Crippen molar-refractivity contribution < 1.29 is 0 Å². The number of nitrogens with zero attached hydrogens (tertiary/aromatic N) is 3. The second-order valence-electron chi connectivity index (χ2n) is 5.09. The van der Waals surface area contributed by atoms with Crippen LogP contribution in [0.3, 0.4) is 0 Å². The molecule has 0 aliphatic heterocycles. The molecular weight excluding hydrogens is 236 g/mol. The minimum absolute atomic E-state index is 0.614. The van der Waals surface area contributed by atoms with Crippen LogP contribution in [-0.2, 0) is 6.54 Å². The van der Waals surface area contributed by atoms with Crippen molar-refractivity contribution >= 4 is 5.82 Å². The minimum Gasteiger partial charge on any atom is -0.370 e. The molecule has 1 aromatic rings. The number of anilines is 1. The first kappa shape index (κ1) is 13.8. The van der Waals surface area contributed by atoms with Crippen molar-refractivity contribution in [3.8, 4) is 6.07 Å². The largest absolute Gasteiger partial charge is 0.370 e. The second-order valence-corrected chi connectivity index (χ2v) is 5.09. The molecule has 1 fully saturated rings. The van der Waals surface area contributed by atoms with Gasteiger partial charge in [-0.25, -0.2) is 4.98 Å². The molecule has 1 aliphatic rings. The normalized spacial score (nSPS) is 14.4. The van der Waals surface area contributed by atoms with Gasteiger partial charge in [0.25, 0.3) is 0 Å². The van der Waals surface area contributed by atoms with Crippen molar-refractivity contribution in [2.75, 3.05) is 18.4 Å². The zero-order valence-electron chi connectivity index (χ0n) is 11.6. The van der Waals surface area contributed by atoms with Crippen molar-refractivity contribution in [2.45, 2.75) is 45.2 Å². The van der Waals surface area contributed by atoms with Crippen LogP contribution in [0.2, 0.25) is 0 Å². The molecule has 2 rings (SSSR count). The molecule has 102 valence electrons. The van der Waals surface area contributed by atoms with Crippen molar-refractivity contribution in [2.24, 2.45) is 0 Å². The summed E-state index contributed by atoms with van der Waals surface area (Å²) in [4.78, 5) is 6.74. The first-order valence-electron chi connectivity index (χ1n) is 7.13. The minimum atomic E-state index is 0.614. The van der Waals surface area contributed by atoms with Gasteiger partial charge < -0.3 is 5.32 Å². The SMILES string of the molecule is CCCNc1cc(CN(CCC#N)C2CC2)ccn1. The molecule has 1 aromatic heterocycles. The van der Waals surface area contributed by atoms with Gasteiger partial charge in [-0.3, -0.25) is 4.90 Å². The average Bonchev–Trinajstić information content (AvgIpc) is 3.26. The van der Waals surface area contributed by atoms with E-state index in [1.165, 1.54) is 18.4 Å². The molecule has 0 spiro atoms. The summed E-state index contributed by atoms with van der Waals surface area (Å²) in [6.07, 6.45) is 6.13. The highest BCUT2D eigenvalue weighted by molar-refractivity contribution is 5.37. The summed E-state index contributed by atoms with van der Waals surface area (Å²) in [6, 6.07) is 7.12. The molecule has 1 aliphatic carbocycles. The fourth-order valence-electron chi connectivity index (χ4n) is 2.18. The Morgan fingerprint density at radius 1 is 1.53 bits per heavy atom. The lowest BCUT2D eigenvalue weighted by atomic mass is 10.2. The van der Waals surface area contributed by atoms with Crippen LogP contribution in [0.15, 0.2) is 18.3 Å². The maximum atomic E-state index is 8.73. The van der Waals surface area contributed by atoms with E-state index in [1.54, 1.807) is 0 Å². The van der Waals surface area contributed by atoms with Crippen LogP contribution in [0, 0.1) is 11.3 Å². The Kier molecular flexibility index (Phi) is 5.17. The van der Waals surface area contributed by atoms with Crippen molar-refractivity contribution in [3.05, 3.63) is 23.9 Å². The summed E-state index contributed by atoms with van der Waals surface area (Å²) >= 11 is 0. The lowest BCUT2D eigenvalue weighted by molar-refractivity contribution is 0.261. The van der Waals surface area contributed by atoms with Crippen LogP contribution in [0.25, 0.3) is 0 Å². The van der Waals surface area contributed by atoms with Gasteiger partial charge in [-0.2, -0.15) is 5.26 Å². The Labute approximate surface area is 115 Å². The zero-order chi connectivity index (χ0) is 13.5. The van der Waals surface area contributed by atoms with E-state index in [1.807, 2.05) is 6.20 Å². The number of hydrogen-bond acceptors (Lipinski definition) is 4. The van der Waals surface area contributed by atoms with E-state index < -0.39 is 0 Å². The summed E-state index contributed by atoms with van der Waals surface area (Å²) in [5.74, 6) is 0.954. The second kappa shape index (κ2) is 7.10. The van der Waals surface area contributed by atoms with Crippen molar-refractivity contribution in [1.82, 2.24) is 9.88 Å². The fraction of sp³-hybridized carbons (Fsp3) is 0.600. The van der Waals surface area contributed by atoms with Crippen LogP contribution in [0.4, 0.5) is 5.82 Å². The predicted molar refractivity (Wildman–Crippen MR) is 76.7 cm³/mol. The lowest BCUT2D eigenvalue weighted by Gasteiger charge is -2.20. The topological polar surface area (TPSA) is 52.0 Å². The highest BCUT2D eigenvalue weighted by atomic mass is 15.2. The highest BCUT2D eigenvalue weighted by Crippen LogP contribution is 2.28. The quantitative estimate of drug-likeness (QED) is 0.779. The van der Waals surface area contributed by atoms with E-state index in [0.717, 1.165) is 31.9 Å². The number of aromatic nitrogens is 1. The summed E-state index contributed by atoms with van der Waals surface area (Å²) < 4.78 is 0. The van der Waals surface area contributed by atoms with E-state index in [0.29, 0.717) is 12.5 Å². The van der Waals surface area contributed by atoms with E-state index in [9.17, 15) is 0 Å². The number of nitriles is 1. The fourth-order valence-corrected chi connectivity index (χ4v) is 2.18. The Morgan fingerprint density at radius 3 is 3.05 bits per heavy atom. The molecule has 4 nitrogen and oxygen atoms in total. The molecule has 0 radical (unpaired) electrons. The Bertz CT molecular complexity index is 434. The molecule has 0 bridgehead atoms. The van der Waals surface area contributed by atoms with Gasteiger partial charge >= 0.3 is 0 Å². The number of hydrogen-bond donors (Lipinski definition) is 1. The van der Waals surface area contributed by atoms with E-state index in [2.05, 4.69) is 40.3 Å². The third-order valence-corrected chi connectivity index (χ3v) is 3.34. The Hall–Kier alpha value is -1.60. The summed E-state index contributed by atoms with van der Waals surface area (Å²) in [7, 11) is 0. The Balaban J connectivity index is 1.94. The summed E-state index contributed by atoms with van der Waals surface area (Å²) in [5, 5.41) is 12.0. The van der Waals surface area contributed by atoms with Crippen LogP contribution < -0.4 is 5.32 Å². The van der Waals surface area contributed by atoms with Crippen molar-refractivity contribution in [1.29, 1.82) is 5.26 Å². The van der Waals surface area contributed by atoms with Crippen LogP contribution in [0.1, 0.15) is 38.2 Å². The molecule has 0 unspecified atom stereocenters. The van der Waals surface area contributed by atoms with Gasteiger partial charge in [-0.1, -0.05) is 6.92 Å². The summed E-state index contributed by atoms with van der Waals surface area (Å²) in [5.41, 5.74) is 1.28. The first-order valence-corrected chi connectivity index (χ1v) is 7.13. The Morgan fingerprint density at radius 2 is 2.37 bits per heavy atom. The predicted octanol–water partition coefficient (Wildman–Crippen LogP) is 2.78. The highest BCUT2D eigenvalue weighted by Gasteiger charge is 2.28. The molecule has 0 amide bonds. The lowest BCUT2D eigenvalue weighted by Crippen LogP contribution is -2.26. The third-order valence-electron chi connectivity index (χ3n) is 3.34. The maximum Gasteiger partial charge on any atom is 0.126 e. The molecule has 1 saturated carbocycles. The van der Waals surface area contributed by atoms with Crippen LogP contribution in [-0.4, -0.2) is 29.0 Å². The van der Waals surface area contributed by atoms with Crippen LogP contribution in [0.5, 0.6) is 0 Å². The monoisotopic (exact) mass is 258 g/mol. The molecule has 1 N–H and O–H groups in total. The molecule has 1 heterocycles. The van der Waals surface area contributed by atoms with Gasteiger partial charge in [0.05, 0.1) is 6.07 Å². The smallest absolute Gasteiger partial charge is 0.126 e. The van der Waals surface area contributed by atoms with E-state index >= 15 is 0 Å². The zero-order valence-corrected chi connectivity index (χ0v) is 11.6. The van der Waals surface area contributed by atoms with Gasteiger partial charge in [0.15, 0.2) is 0 Å². The molecular formula is C15H22N4. The molecule has 4 heteroatoms. The molecule has 19 heavy (non-hydrogen) atoms. The first-order chi connectivity index (χ1) is 9.33. The van der Waals surface area contributed by atoms with Gasteiger partial charge in [0.2, 0.25) is 0 Å². The summed E-state index contributed by atoms with van der Waals surface area (Å²) in [6.45, 7) is 4.90. The van der Waals surface area contributed by atoms with E-state index in [4.69, 9.17) is 5.26 Å². The number of pyridine rings is 1. The van der Waals surface area contributed by atoms with E-state index in [-0.39, 0.29) is 0 Å².